The second-order valence-electron chi connectivity index (χ2n) is 2.71. The molecule has 3 heteroatoms. The smallest absolute Gasteiger partial charge is 0.185 e. The molecule has 0 saturated heterocycles. The molecule has 0 aliphatic carbocycles. The predicted octanol–water partition coefficient (Wildman–Crippen LogP) is 2.86. The van der Waals surface area contributed by atoms with Crippen molar-refractivity contribution >= 4 is 18.4 Å². The first-order valence-corrected chi connectivity index (χ1v) is 4.15. The number of aldehydes is 1. The van der Waals surface area contributed by atoms with Crippen molar-refractivity contribution in [3.63, 3.8) is 0 Å². The first kappa shape index (κ1) is 8.56. The summed E-state index contributed by atoms with van der Waals surface area (Å²) in [4.78, 5) is 10.3. The molecule has 0 unspecified atom stereocenters. The zero-order valence-electron chi connectivity index (χ0n) is 7.34. The van der Waals surface area contributed by atoms with E-state index in [1.165, 1.54) is 0 Å². The van der Waals surface area contributed by atoms with Gasteiger partial charge in [0.25, 0.3) is 0 Å². The van der Waals surface area contributed by atoms with Crippen LogP contribution in [0.2, 0.25) is 0 Å². The Hall–Kier alpha value is -2.03. The van der Waals surface area contributed by atoms with E-state index >= 15 is 0 Å². The number of rotatable bonds is 3. The summed E-state index contributed by atoms with van der Waals surface area (Å²) in [5.41, 5.74) is 0. The topological polar surface area (TPSA) is 43.4 Å². The van der Waals surface area contributed by atoms with Crippen molar-refractivity contribution in [1.82, 2.24) is 0 Å². The number of carbonyl (C=O) groups excluding carboxylic acids is 1. The second kappa shape index (κ2) is 3.79. The van der Waals surface area contributed by atoms with Gasteiger partial charge in [0, 0.05) is 0 Å². The first-order chi connectivity index (χ1) is 6.88. The molecule has 2 heterocycles. The van der Waals surface area contributed by atoms with E-state index in [2.05, 4.69) is 0 Å². The van der Waals surface area contributed by atoms with Crippen LogP contribution >= 0.6 is 0 Å². The van der Waals surface area contributed by atoms with Gasteiger partial charge in [-0.3, -0.25) is 4.79 Å². The molecule has 0 aliphatic heterocycles. The average Bonchev–Trinajstić information content (AvgIpc) is 2.86. The van der Waals surface area contributed by atoms with Crippen LogP contribution in [0, 0.1) is 0 Å². The zero-order valence-corrected chi connectivity index (χ0v) is 7.34. The fourth-order valence-corrected chi connectivity index (χ4v) is 1.07. The number of hydrogen-bond donors (Lipinski definition) is 0. The van der Waals surface area contributed by atoms with Gasteiger partial charge in [-0.1, -0.05) is 0 Å². The molecule has 0 fully saturated rings. The van der Waals surface area contributed by atoms with Crippen molar-refractivity contribution in [2.75, 3.05) is 0 Å². The number of hydrogen-bond acceptors (Lipinski definition) is 3. The number of furan rings is 2. The Morgan fingerprint density at radius 2 is 1.79 bits per heavy atom. The Bertz CT molecular complexity index is 435. The third-order valence-electron chi connectivity index (χ3n) is 1.72. The van der Waals surface area contributed by atoms with Crippen molar-refractivity contribution in [1.29, 1.82) is 0 Å². The lowest BCUT2D eigenvalue weighted by atomic mass is 10.3. The molecule has 70 valence electrons. The average molecular weight is 188 g/mol. The normalized spacial score (nSPS) is 10.9. The highest BCUT2D eigenvalue weighted by Gasteiger charge is 1.96. The minimum Gasteiger partial charge on any atom is -0.465 e. The molecular weight excluding hydrogens is 180 g/mol. The fraction of sp³-hybridized carbons (Fsp3) is 0. The summed E-state index contributed by atoms with van der Waals surface area (Å²) in [6.45, 7) is 0. The summed E-state index contributed by atoms with van der Waals surface area (Å²) in [6.07, 6.45) is 5.78. The zero-order chi connectivity index (χ0) is 9.80. The van der Waals surface area contributed by atoms with Gasteiger partial charge < -0.3 is 8.83 Å². The van der Waals surface area contributed by atoms with E-state index in [1.807, 2.05) is 6.07 Å². The van der Waals surface area contributed by atoms with Gasteiger partial charge in [-0.2, -0.15) is 0 Å². The molecule has 2 rings (SSSR count). The van der Waals surface area contributed by atoms with E-state index in [0.29, 0.717) is 17.8 Å². The summed E-state index contributed by atoms with van der Waals surface area (Å²) in [5.74, 6) is 1.70. The van der Waals surface area contributed by atoms with Gasteiger partial charge in [0.15, 0.2) is 12.0 Å². The van der Waals surface area contributed by atoms with Crippen molar-refractivity contribution in [3.05, 3.63) is 47.8 Å². The second-order valence-corrected chi connectivity index (χ2v) is 2.71. The van der Waals surface area contributed by atoms with Crippen LogP contribution in [0.1, 0.15) is 22.1 Å². The molecule has 0 N–H and O–H groups in total. The van der Waals surface area contributed by atoms with Crippen LogP contribution in [0.15, 0.2) is 39.4 Å². The van der Waals surface area contributed by atoms with E-state index in [1.54, 1.807) is 36.6 Å². The molecule has 3 nitrogen and oxygen atoms in total. The van der Waals surface area contributed by atoms with Crippen LogP contribution in [-0.2, 0) is 0 Å². The largest absolute Gasteiger partial charge is 0.465 e. The van der Waals surface area contributed by atoms with Crippen molar-refractivity contribution in [3.8, 4) is 0 Å². The molecule has 0 atom stereocenters. The third-order valence-corrected chi connectivity index (χ3v) is 1.72. The molecule has 0 aliphatic rings. The monoisotopic (exact) mass is 188 g/mol. The van der Waals surface area contributed by atoms with Crippen LogP contribution in [0.3, 0.4) is 0 Å². The van der Waals surface area contributed by atoms with Crippen molar-refractivity contribution < 1.29 is 13.6 Å². The first-order valence-electron chi connectivity index (χ1n) is 4.15. The SMILES string of the molecule is O=Cc1ccc(C=Cc2ccco2)o1. The lowest BCUT2D eigenvalue weighted by Gasteiger charge is -1.84. The van der Waals surface area contributed by atoms with Gasteiger partial charge in [-0.25, -0.2) is 0 Å². The van der Waals surface area contributed by atoms with E-state index in [4.69, 9.17) is 8.83 Å². The third kappa shape index (κ3) is 1.82. The van der Waals surface area contributed by atoms with E-state index in [0.717, 1.165) is 5.76 Å². The summed E-state index contributed by atoms with van der Waals surface area (Å²) < 4.78 is 10.2. The maximum Gasteiger partial charge on any atom is 0.185 e. The number of carbonyl (C=O) groups is 1. The molecule has 0 spiro atoms. The summed E-state index contributed by atoms with van der Waals surface area (Å²) >= 11 is 0. The molecule has 0 radical (unpaired) electrons. The standard InChI is InChI=1S/C11H8O3/c12-8-11-6-5-10(14-11)4-3-9-2-1-7-13-9/h1-8H. The molecule has 2 aromatic heterocycles. The molecular formula is C11H8O3. The van der Waals surface area contributed by atoms with Gasteiger partial charge >= 0.3 is 0 Å². The minimum absolute atomic E-state index is 0.323. The fourth-order valence-electron chi connectivity index (χ4n) is 1.07. The van der Waals surface area contributed by atoms with Crippen LogP contribution in [0.25, 0.3) is 12.2 Å². The molecule has 0 bridgehead atoms. The van der Waals surface area contributed by atoms with Gasteiger partial charge in [0.2, 0.25) is 0 Å². The van der Waals surface area contributed by atoms with Crippen molar-refractivity contribution in [2.24, 2.45) is 0 Å². The highest BCUT2D eigenvalue weighted by atomic mass is 16.3. The molecule has 0 amide bonds. The Morgan fingerprint density at radius 1 is 1.00 bits per heavy atom. The maximum atomic E-state index is 10.3. The maximum absolute atomic E-state index is 10.3. The van der Waals surface area contributed by atoms with Gasteiger partial charge in [0.1, 0.15) is 11.5 Å². The van der Waals surface area contributed by atoms with E-state index in [9.17, 15) is 4.79 Å². The minimum atomic E-state index is 0.323. The van der Waals surface area contributed by atoms with Crippen LogP contribution in [0.5, 0.6) is 0 Å². The van der Waals surface area contributed by atoms with E-state index in [-0.39, 0.29) is 0 Å². The highest BCUT2D eigenvalue weighted by molar-refractivity contribution is 5.72. The van der Waals surface area contributed by atoms with Crippen LogP contribution < -0.4 is 0 Å². The van der Waals surface area contributed by atoms with Gasteiger partial charge in [0.05, 0.1) is 6.26 Å². The highest BCUT2D eigenvalue weighted by Crippen LogP contribution is 2.11. The van der Waals surface area contributed by atoms with E-state index < -0.39 is 0 Å². The van der Waals surface area contributed by atoms with Crippen LogP contribution in [0.4, 0.5) is 0 Å². The van der Waals surface area contributed by atoms with Crippen molar-refractivity contribution in [2.45, 2.75) is 0 Å². The Kier molecular flexibility index (Phi) is 2.32. The Labute approximate surface area is 80.6 Å². The Morgan fingerprint density at radius 3 is 2.43 bits per heavy atom. The van der Waals surface area contributed by atoms with Crippen LogP contribution in [-0.4, -0.2) is 6.29 Å². The summed E-state index contributed by atoms with van der Waals surface area (Å²) in [7, 11) is 0. The molecule has 0 aromatic carbocycles. The van der Waals surface area contributed by atoms with Gasteiger partial charge in [-0.15, -0.1) is 0 Å². The predicted molar refractivity (Wildman–Crippen MR) is 51.7 cm³/mol. The lowest BCUT2D eigenvalue weighted by molar-refractivity contribution is 0.110. The molecule has 2 aromatic rings. The lowest BCUT2D eigenvalue weighted by Crippen LogP contribution is -1.67. The summed E-state index contributed by atoms with van der Waals surface area (Å²) in [6, 6.07) is 6.98. The Balaban J connectivity index is 2.14. The summed E-state index contributed by atoms with van der Waals surface area (Å²) in [5, 5.41) is 0. The quantitative estimate of drug-likeness (QED) is 0.695. The molecule has 0 saturated carbocycles. The van der Waals surface area contributed by atoms with Gasteiger partial charge in [-0.05, 0) is 36.4 Å². The molecule has 14 heavy (non-hydrogen) atoms.